The maximum Gasteiger partial charge on any atom is 0.336 e. The molecule has 0 radical (unpaired) electrons. The molecule has 2 N–H and O–H groups in total. The van der Waals surface area contributed by atoms with E-state index in [9.17, 15) is 8.42 Å². The van der Waals surface area contributed by atoms with Gasteiger partial charge >= 0.3 is 6.01 Å². The smallest absolute Gasteiger partial charge is 0.336 e. The van der Waals surface area contributed by atoms with Crippen LogP contribution in [0, 0.1) is 0 Å². The number of ether oxygens (including phenoxy) is 1. The van der Waals surface area contributed by atoms with Crippen molar-refractivity contribution < 1.29 is 13.2 Å². The van der Waals surface area contributed by atoms with E-state index in [2.05, 4.69) is 33.8 Å². The quantitative estimate of drug-likeness (QED) is 0.852. The van der Waals surface area contributed by atoms with E-state index in [1.807, 2.05) is 12.1 Å². The van der Waals surface area contributed by atoms with E-state index >= 15 is 0 Å². The van der Waals surface area contributed by atoms with Gasteiger partial charge in [-0.3, -0.25) is 0 Å². The SMILES string of the molecule is CCC(C)c1ccc(S(=O)(=O)Nc2nc(OC)n[nH]2)cc1. The third-order valence-corrected chi connectivity index (χ3v) is 4.61. The van der Waals surface area contributed by atoms with Crippen LogP contribution in [0.1, 0.15) is 31.7 Å². The van der Waals surface area contributed by atoms with Crippen molar-refractivity contribution in [2.75, 3.05) is 11.8 Å². The molecule has 1 atom stereocenters. The van der Waals surface area contributed by atoms with Gasteiger partial charge in [0.05, 0.1) is 12.0 Å². The molecule has 1 unspecified atom stereocenters. The lowest BCUT2D eigenvalue weighted by Gasteiger charge is -2.10. The first-order chi connectivity index (χ1) is 9.96. The van der Waals surface area contributed by atoms with Crippen LogP contribution in [0.2, 0.25) is 0 Å². The van der Waals surface area contributed by atoms with Crippen LogP contribution in [0.4, 0.5) is 5.95 Å². The van der Waals surface area contributed by atoms with Gasteiger partial charge in [0.25, 0.3) is 10.0 Å². The molecule has 1 aromatic heterocycles. The van der Waals surface area contributed by atoms with E-state index in [1.165, 1.54) is 7.11 Å². The van der Waals surface area contributed by atoms with Gasteiger partial charge in [0.1, 0.15) is 0 Å². The third-order valence-electron chi connectivity index (χ3n) is 3.25. The Balaban J connectivity index is 2.19. The molecule has 0 saturated heterocycles. The van der Waals surface area contributed by atoms with E-state index in [0.29, 0.717) is 5.92 Å². The third kappa shape index (κ3) is 3.52. The van der Waals surface area contributed by atoms with Crippen LogP contribution in [0.15, 0.2) is 29.2 Å². The zero-order chi connectivity index (χ0) is 15.5. The molecule has 7 nitrogen and oxygen atoms in total. The first-order valence-electron chi connectivity index (χ1n) is 6.55. The van der Waals surface area contributed by atoms with Crippen LogP contribution in [0.25, 0.3) is 0 Å². The highest BCUT2D eigenvalue weighted by atomic mass is 32.2. The molecule has 0 fully saturated rings. The van der Waals surface area contributed by atoms with Crippen molar-refractivity contribution in [2.24, 2.45) is 0 Å². The molecular formula is C13H18N4O3S. The van der Waals surface area contributed by atoms with Crippen LogP contribution < -0.4 is 9.46 Å². The van der Waals surface area contributed by atoms with Crippen LogP contribution in [0.3, 0.4) is 0 Å². The van der Waals surface area contributed by atoms with Crippen molar-refractivity contribution in [3.8, 4) is 6.01 Å². The Morgan fingerprint density at radius 1 is 1.33 bits per heavy atom. The Morgan fingerprint density at radius 3 is 2.52 bits per heavy atom. The number of rotatable bonds is 6. The Labute approximate surface area is 123 Å². The highest BCUT2D eigenvalue weighted by molar-refractivity contribution is 7.92. The van der Waals surface area contributed by atoms with Gasteiger partial charge in [-0.1, -0.05) is 26.0 Å². The van der Waals surface area contributed by atoms with Crippen LogP contribution in [-0.4, -0.2) is 30.7 Å². The second-order valence-electron chi connectivity index (χ2n) is 4.65. The number of nitrogens with one attached hydrogen (secondary N) is 2. The lowest BCUT2D eigenvalue weighted by Crippen LogP contribution is -2.14. The maximum absolute atomic E-state index is 12.2. The Bertz CT molecular complexity index is 694. The number of hydrogen-bond donors (Lipinski definition) is 2. The summed E-state index contributed by atoms with van der Waals surface area (Å²) in [5.41, 5.74) is 1.11. The van der Waals surface area contributed by atoms with Crippen molar-refractivity contribution in [3.63, 3.8) is 0 Å². The van der Waals surface area contributed by atoms with Gasteiger partial charge < -0.3 is 4.74 Å². The summed E-state index contributed by atoms with van der Waals surface area (Å²) in [6.07, 6.45) is 1.00. The normalized spacial score (nSPS) is 12.9. The zero-order valence-corrected chi connectivity index (χ0v) is 12.9. The summed E-state index contributed by atoms with van der Waals surface area (Å²) in [4.78, 5) is 3.99. The summed E-state index contributed by atoms with van der Waals surface area (Å²) < 4.78 is 31.5. The first-order valence-corrected chi connectivity index (χ1v) is 8.03. The van der Waals surface area contributed by atoms with Gasteiger partial charge in [-0.05, 0) is 30.0 Å². The molecule has 0 saturated carbocycles. The van der Waals surface area contributed by atoms with Crippen molar-refractivity contribution in [3.05, 3.63) is 29.8 Å². The number of anilines is 1. The summed E-state index contributed by atoms with van der Waals surface area (Å²) in [7, 11) is -2.30. The highest BCUT2D eigenvalue weighted by Crippen LogP contribution is 2.21. The van der Waals surface area contributed by atoms with Crippen LogP contribution in [-0.2, 0) is 10.0 Å². The topological polar surface area (TPSA) is 97.0 Å². The molecule has 0 aliphatic rings. The van der Waals surface area contributed by atoms with Crippen molar-refractivity contribution in [1.29, 1.82) is 0 Å². The number of benzene rings is 1. The second kappa shape index (κ2) is 6.13. The number of methoxy groups -OCH3 is 1. The number of H-pyrrole nitrogens is 1. The van der Waals surface area contributed by atoms with Crippen molar-refractivity contribution in [2.45, 2.75) is 31.1 Å². The molecule has 114 valence electrons. The predicted octanol–water partition coefficient (Wildman–Crippen LogP) is 2.13. The molecule has 1 aromatic carbocycles. The van der Waals surface area contributed by atoms with Crippen molar-refractivity contribution in [1.82, 2.24) is 15.2 Å². The minimum absolute atomic E-state index is 0.0119. The minimum Gasteiger partial charge on any atom is -0.466 e. The number of aromatic nitrogens is 3. The summed E-state index contributed by atoms with van der Waals surface area (Å²) in [6, 6.07) is 6.88. The van der Waals surface area contributed by atoms with E-state index in [1.54, 1.807) is 12.1 Å². The predicted molar refractivity (Wildman–Crippen MR) is 78.9 cm³/mol. The second-order valence-corrected chi connectivity index (χ2v) is 6.34. The minimum atomic E-state index is -3.70. The van der Waals surface area contributed by atoms with E-state index in [-0.39, 0.29) is 16.9 Å². The summed E-state index contributed by atoms with van der Waals surface area (Å²) in [6.45, 7) is 4.19. The van der Waals surface area contributed by atoms with Gasteiger partial charge in [0.2, 0.25) is 5.95 Å². The largest absolute Gasteiger partial charge is 0.466 e. The molecule has 0 aliphatic heterocycles. The van der Waals surface area contributed by atoms with E-state index in [0.717, 1.165) is 12.0 Å². The molecular weight excluding hydrogens is 292 g/mol. The Morgan fingerprint density at radius 2 is 2.00 bits per heavy atom. The van der Waals surface area contributed by atoms with Crippen LogP contribution in [0.5, 0.6) is 6.01 Å². The van der Waals surface area contributed by atoms with Gasteiger partial charge in [0.15, 0.2) is 0 Å². The first kappa shape index (κ1) is 15.3. The van der Waals surface area contributed by atoms with Crippen LogP contribution >= 0.6 is 0 Å². The molecule has 8 heteroatoms. The fraction of sp³-hybridized carbons (Fsp3) is 0.385. The van der Waals surface area contributed by atoms with Crippen molar-refractivity contribution >= 4 is 16.0 Å². The Hall–Kier alpha value is -2.09. The fourth-order valence-corrected chi connectivity index (χ4v) is 2.74. The summed E-state index contributed by atoms with van der Waals surface area (Å²) in [5.74, 6) is 0.408. The highest BCUT2D eigenvalue weighted by Gasteiger charge is 2.17. The van der Waals surface area contributed by atoms with E-state index < -0.39 is 10.0 Å². The Kier molecular flexibility index (Phi) is 4.46. The average Bonchev–Trinajstić information content (AvgIpc) is 2.93. The fourth-order valence-electron chi connectivity index (χ4n) is 1.78. The summed E-state index contributed by atoms with van der Waals surface area (Å²) in [5, 5.41) is 6.12. The standard InChI is InChI=1S/C13H18N4O3S/c1-4-9(2)10-5-7-11(8-6-10)21(18,19)17-12-14-13(20-3)16-15-12/h5-9H,4H2,1-3H3,(H2,14,15,16,17). The molecule has 0 amide bonds. The lowest BCUT2D eigenvalue weighted by molar-refractivity contribution is 0.382. The molecule has 2 aromatic rings. The monoisotopic (exact) mass is 310 g/mol. The zero-order valence-electron chi connectivity index (χ0n) is 12.1. The number of sulfonamides is 1. The number of nitrogens with zero attached hydrogens (tertiary/aromatic N) is 2. The number of hydrogen-bond acceptors (Lipinski definition) is 5. The molecule has 0 bridgehead atoms. The average molecular weight is 310 g/mol. The molecule has 2 rings (SSSR count). The van der Waals surface area contributed by atoms with E-state index in [4.69, 9.17) is 4.74 Å². The van der Waals surface area contributed by atoms with Gasteiger partial charge in [-0.25, -0.2) is 18.2 Å². The summed E-state index contributed by atoms with van der Waals surface area (Å²) >= 11 is 0. The number of aromatic amines is 1. The molecule has 1 heterocycles. The van der Waals surface area contributed by atoms with Gasteiger partial charge in [-0.2, -0.15) is 4.98 Å². The molecule has 21 heavy (non-hydrogen) atoms. The lowest BCUT2D eigenvalue weighted by atomic mass is 9.99. The van der Waals surface area contributed by atoms with Gasteiger partial charge in [-0.15, -0.1) is 5.10 Å². The molecule has 0 aliphatic carbocycles. The van der Waals surface area contributed by atoms with Gasteiger partial charge in [0, 0.05) is 0 Å². The maximum atomic E-state index is 12.2. The molecule has 0 spiro atoms.